The minimum Gasteiger partial charge on any atom is -0.464 e. The third kappa shape index (κ3) is 5.31. The van der Waals surface area contributed by atoms with E-state index in [1.165, 1.54) is 6.07 Å². The van der Waals surface area contributed by atoms with E-state index >= 15 is 0 Å². The summed E-state index contributed by atoms with van der Waals surface area (Å²) in [6, 6.07) is 10.9. The lowest BCUT2D eigenvalue weighted by Gasteiger charge is -2.32. The molecule has 1 aliphatic rings. The maximum atomic E-state index is 12.2. The molecule has 1 saturated heterocycles. The average molecular weight is 412 g/mol. The van der Waals surface area contributed by atoms with E-state index in [0.29, 0.717) is 24.5 Å². The highest BCUT2D eigenvalue weighted by atomic mass is 16.6. The van der Waals surface area contributed by atoms with Crippen LogP contribution in [0.5, 0.6) is 0 Å². The zero-order valence-electron chi connectivity index (χ0n) is 16.7. The van der Waals surface area contributed by atoms with Gasteiger partial charge in [-0.2, -0.15) is 0 Å². The molecule has 2 heterocycles. The first-order chi connectivity index (χ1) is 14.5. The maximum absolute atomic E-state index is 12.2. The molecule has 30 heavy (non-hydrogen) atoms. The number of nitro groups is 1. The zero-order chi connectivity index (χ0) is 21.5. The van der Waals surface area contributed by atoms with Crippen molar-refractivity contribution in [3.63, 3.8) is 0 Å². The van der Waals surface area contributed by atoms with Crippen molar-refractivity contribution in [2.75, 3.05) is 24.6 Å². The van der Waals surface area contributed by atoms with Gasteiger partial charge in [0.15, 0.2) is 0 Å². The van der Waals surface area contributed by atoms with Gasteiger partial charge in [-0.05, 0) is 43.9 Å². The van der Waals surface area contributed by atoms with E-state index in [2.05, 4.69) is 10.3 Å². The second-order valence-corrected chi connectivity index (χ2v) is 7.22. The minimum atomic E-state index is -0.756. The van der Waals surface area contributed by atoms with Gasteiger partial charge < -0.3 is 15.0 Å². The first kappa shape index (κ1) is 21.2. The summed E-state index contributed by atoms with van der Waals surface area (Å²) >= 11 is 0. The van der Waals surface area contributed by atoms with Crippen molar-refractivity contribution in [1.82, 2.24) is 10.3 Å². The number of nitrogens with zero attached hydrogens (tertiary/aromatic N) is 3. The second-order valence-electron chi connectivity index (χ2n) is 7.22. The van der Waals surface area contributed by atoms with Gasteiger partial charge in [0.2, 0.25) is 5.82 Å². The fourth-order valence-electron chi connectivity index (χ4n) is 3.34. The van der Waals surface area contributed by atoms with Crippen molar-refractivity contribution in [2.24, 2.45) is 5.92 Å². The smallest absolute Gasteiger partial charge is 0.328 e. The predicted octanol–water partition coefficient (Wildman–Crippen LogP) is 2.57. The molecule has 0 radical (unpaired) electrons. The van der Waals surface area contributed by atoms with Gasteiger partial charge in [-0.15, -0.1) is 0 Å². The zero-order valence-corrected chi connectivity index (χ0v) is 16.7. The number of anilines is 1. The van der Waals surface area contributed by atoms with Crippen LogP contribution in [0.2, 0.25) is 0 Å². The highest BCUT2D eigenvalue weighted by molar-refractivity contribution is 5.96. The Morgan fingerprint density at radius 2 is 1.93 bits per heavy atom. The fourth-order valence-corrected chi connectivity index (χ4v) is 3.34. The van der Waals surface area contributed by atoms with Gasteiger partial charge >= 0.3 is 11.7 Å². The molecule has 1 aromatic carbocycles. The molecule has 0 spiro atoms. The Morgan fingerprint density at radius 1 is 1.23 bits per heavy atom. The molecular weight excluding hydrogens is 388 g/mol. The third-order valence-electron chi connectivity index (χ3n) is 5.08. The Labute approximate surface area is 174 Å². The Bertz CT molecular complexity index is 897. The number of carbonyl (C=O) groups excluding carboxylic acids is 2. The van der Waals surface area contributed by atoms with Crippen LogP contribution in [0.25, 0.3) is 0 Å². The topological polar surface area (TPSA) is 115 Å². The van der Waals surface area contributed by atoms with Crippen LogP contribution >= 0.6 is 0 Å². The van der Waals surface area contributed by atoms with E-state index in [0.717, 1.165) is 12.8 Å². The number of benzene rings is 1. The molecular formula is C21H24N4O5. The standard InChI is InChI=1S/C21H24N4O5/c1-15(23-20(26)17-6-3-2-4-7-17)21(27)30-14-16-9-12-24(13-10-16)19-18(25(28)29)8-5-11-22-19/h2-8,11,15-16H,9-10,12-14H2,1H3,(H,23,26)/t15-/m1/s1. The highest BCUT2D eigenvalue weighted by Gasteiger charge is 2.27. The van der Waals surface area contributed by atoms with Crippen molar-refractivity contribution in [2.45, 2.75) is 25.8 Å². The van der Waals surface area contributed by atoms with Crippen LogP contribution in [0.15, 0.2) is 48.7 Å². The molecule has 3 rings (SSSR count). The van der Waals surface area contributed by atoms with Crippen molar-refractivity contribution >= 4 is 23.4 Å². The van der Waals surface area contributed by atoms with E-state index in [1.807, 2.05) is 11.0 Å². The van der Waals surface area contributed by atoms with Crippen molar-refractivity contribution < 1.29 is 19.2 Å². The number of piperidine rings is 1. The summed E-state index contributed by atoms with van der Waals surface area (Å²) in [5, 5.41) is 13.8. The van der Waals surface area contributed by atoms with Crippen molar-refractivity contribution in [3.05, 3.63) is 64.3 Å². The van der Waals surface area contributed by atoms with Crippen LogP contribution in [-0.2, 0) is 9.53 Å². The number of hydrogen-bond donors (Lipinski definition) is 1. The fraction of sp³-hybridized carbons (Fsp3) is 0.381. The highest BCUT2D eigenvalue weighted by Crippen LogP contribution is 2.29. The summed E-state index contributed by atoms with van der Waals surface area (Å²) in [5.41, 5.74) is 0.471. The molecule has 158 valence electrons. The number of carbonyl (C=O) groups is 2. The van der Waals surface area contributed by atoms with Crippen LogP contribution in [0.1, 0.15) is 30.1 Å². The van der Waals surface area contributed by atoms with Crippen LogP contribution in [-0.4, -0.2) is 47.5 Å². The summed E-state index contributed by atoms with van der Waals surface area (Å²) in [6.07, 6.45) is 3.00. The second kappa shape index (κ2) is 9.82. The molecule has 1 amide bonds. The summed E-state index contributed by atoms with van der Waals surface area (Å²) < 4.78 is 5.39. The quantitative estimate of drug-likeness (QED) is 0.422. The molecule has 9 heteroatoms. The molecule has 1 aromatic heterocycles. The number of amides is 1. The molecule has 0 saturated carbocycles. The largest absolute Gasteiger partial charge is 0.464 e. The Balaban J connectivity index is 1.45. The number of rotatable bonds is 7. The molecule has 1 atom stereocenters. The molecule has 1 aliphatic heterocycles. The van der Waals surface area contributed by atoms with Crippen molar-refractivity contribution in [3.8, 4) is 0 Å². The molecule has 1 fully saturated rings. The average Bonchev–Trinajstić information content (AvgIpc) is 2.78. The van der Waals surface area contributed by atoms with E-state index < -0.39 is 16.9 Å². The lowest BCUT2D eigenvalue weighted by atomic mass is 9.97. The Morgan fingerprint density at radius 3 is 2.60 bits per heavy atom. The number of ether oxygens (including phenoxy) is 1. The molecule has 0 aliphatic carbocycles. The number of pyridine rings is 1. The van der Waals surface area contributed by atoms with E-state index in [-0.39, 0.29) is 24.1 Å². The SMILES string of the molecule is C[C@@H](NC(=O)c1ccccc1)C(=O)OCC1CCN(c2ncccc2[N+](=O)[O-])CC1. The summed E-state index contributed by atoms with van der Waals surface area (Å²) in [4.78, 5) is 41.2. The lowest BCUT2D eigenvalue weighted by Crippen LogP contribution is -2.41. The van der Waals surface area contributed by atoms with Crippen LogP contribution in [0.3, 0.4) is 0 Å². The van der Waals surface area contributed by atoms with Crippen LogP contribution in [0.4, 0.5) is 11.5 Å². The summed E-state index contributed by atoms with van der Waals surface area (Å²) in [5.74, 6) is -0.285. The Hall–Kier alpha value is -3.49. The Kier molecular flexibility index (Phi) is 6.95. The van der Waals surface area contributed by atoms with Gasteiger partial charge in [0.1, 0.15) is 6.04 Å². The summed E-state index contributed by atoms with van der Waals surface area (Å²) in [6.45, 7) is 3.04. The van der Waals surface area contributed by atoms with E-state index in [1.54, 1.807) is 43.5 Å². The van der Waals surface area contributed by atoms with Gasteiger partial charge in [0.05, 0.1) is 11.5 Å². The molecule has 0 unspecified atom stereocenters. The predicted molar refractivity (Wildman–Crippen MR) is 110 cm³/mol. The normalized spacial score (nSPS) is 15.3. The van der Waals surface area contributed by atoms with Gasteiger partial charge in [-0.3, -0.25) is 14.9 Å². The molecule has 2 aromatic rings. The first-order valence-electron chi connectivity index (χ1n) is 9.82. The van der Waals surface area contributed by atoms with Crippen LogP contribution in [0, 0.1) is 16.0 Å². The van der Waals surface area contributed by atoms with Crippen molar-refractivity contribution in [1.29, 1.82) is 0 Å². The molecule has 9 nitrogen and oxygen atoms in total. The summed E-state index contributed by atoms with van der Waals surface area (Å²) in [7, 11) is 0. The number of esters is 1. The third-order valence-corrected chi connectivity index (χ3v) is 5.08. The molecule has 1 N–H and O–H groups in total. The van der Waals surface area contributed by atoms with Gasteiger partial charge in [0, 0.05) is 30.9 Å². The van der Waals surface area contributed by atoms with Gasteiger partial charge in [-0.25, -0.2) is 9.78 Å². The number of hydrogen-bond acceptors (Lipinski definition) is 7. The van der Waals surface area contributed by atoms with E-state index in [4.69, 9.17) is 4.74 Å². The van der Waals surface area contributed by atoms with Crippen LogP contribution < -0.4 is 10.2 Å². The molecule has 0 bridgehead atoms. The maximum Gasteiger partial charge on any atom is 0.328 e. The van der Waals surface area contributed by atoms with E-state index in [9.17, 15) is 19.7 Å². The first-order valence-corrected chi connectivity index (χ1v) is 9.82. The monoisotopic (exact) mass is 412 g/mol. The van der Waals surface area contributed by atoms with Gasteiger partial charge in [-0.1, -0.05) is 18.2 Å². The van der Waals surface area contributed by atoms with Gasteiger partial charge in [0.25, 0.3) is 5.91 Å². The minimum absolute atomic E-state index is 0.00893. The number of nitrogens with one attached hydrogen (secondary N) is 1. The number of aromatic nitrogens is 1. The lowest BCUT2D eigenvalue weighted by molar-refractivity contribution is -0.384.